The van der Waals surface area contributed by atoms with Crippen LogP contribution in [0.3, 0.4) is 0 Å². The Hall–Kier alpha value is -3.79. The zero-order valence-corrected chi connectivity index (χ0v) is 19.7. The molecule has 2 aromatic carbocycles. The molecule has 0 spiro atoms. The maximum atomic E-state index is 14.3. The number of pyridine rings is 1. The van der Waals surface area contributed by atoms with Crippen molar-refractivity contribution in [2.75, 3.05) is 18.3 Å². The van der Waals surface area contributed by atoms with Gasteiger partial charge in [-0.3, -0.25) is 19.3 Å². The first kappa shape index (κ1) is 22.7. The summed E-state index contributed by atoms with van der Waals surface area (Å²) in [4.78, 5) is 27.8. The molecule has 3 aliphatic heterocycles. The van der Waals surface area contributed by atoms with Crippen molar-refractivity contribution < 1.29 is 23.4 Å². The van der Waals surface area contributed by atoms with Gasteiger partial charge in [0.2, 0.25) is 5.43 Å². The number of hydrogen-bond acceptors (Lipinski definition) is 6. The van der Waals surface area contributed by atoms with Crippen LogP contribution in [0.2, 0.25) is 0 Å². The van der Waals surface area contributed by atoms with Gasteiger partial charge in [0.1, 0.15) is 31.1 Å². The Morgan fingerprint density at radius 3 is 2.75 bits per heavy atom. The number of aromatic hydroxyl groups is 1. The molecule has 2 bridgehead atoms. The molecule has 4 heterocycles. The quantitative estimate of drug-likeness (QED) is 0.502. The first-order valence-corrected chi connectivity index (χ1v) is 12.4. The number of aromatic nitrogens is 1. The van der Waals surface area contributed by atoms with Crippen molar-refractivity contribution in [3.8, 4) is 11.5 Å². The number of thioether (sulfide) groups is 1. The van der Waals surface area contributed by atoms with Gasteiger partial charge in [-0.05, 0) is 29.3 Å². The van der Waals surface area contributed by atoms with Crippen molar-refractivity contribution >= 4 is 17.7 Å². The van der Waals surface area contributed by atoms with Gasteiger partial charge in [-0.1, -0.05) is 36.4 Å². The summed E-state index contributed by atoms with van der Waals surface area (Å²) in [5, 5.41) is 12.4. The minimum absolute atomic E-state index is 0.0409. The average molecular weight is 510 g/mol. The maximum absolute atomic E-state index is 14.3. The van der Waals surface area contributed by atoms with Crippen molar-refractivity contribution in [2.45, 2.75) is 29.2 Å². The molecule has 0 radical (unpaired) electrons. The Bertz CT molecular complexity index is 1460. The number of fused-ring (bicyclic) bond motifs is 7. The van der Waals surface area contributed by atoms with E-state index < -0.39 is 35.6 Å². The number of alkyl halides is 2. The SMILES string of the molecule is O=C1c2c(O)c(=O)ccn2N2CN1[C@H](C(F)F)/C=C/COc1cccc3c1[C@@H]2c1ccccc1SC3. The number of ether oxygens (including phenoxy) is 1. The second-order valence-corrected chi connectivity index (χ2v) is 9.72. The van der Waals surface area contributed by atoms with Gasteiger partial charge >= 0.3 is 0 Å². The molecule has 10 heteroatoms. The summed E-state index contributed by atoms with van der Waals surface area (Å²) in [5.74, 6) is -0.356. The number of rotatable bonds is 1. The molecule has 0 unspecified atom stereocenters. The Labute approximate surface area is 209 Å². The third-order valence-electron chi connectivity index (χ3n) is 6.70. The molecule has 3 aliphatic rings. The number of nitrogens with zero attached hydrogens (tertiary/aromatic N) is 3. The van der Waals surface area contributed by atoms with Gasteiger partial charge in [0.05, 0.1) is 0 Å². The molecule has 6 rings (SSSR count). The minimum atomic E-state index is -2.90. The molecule has 3 aromatic rings. The molecule has 36 heavy (non-hydrogen) atoms. The van der Waals surface area contributed by atoms with Crippen molar-refractivity contribution in [3.05, 3.63) is 99.5 Å². The number of hydrogen-bond donors (Lipinski definition) is 1. The maximum Gasteiger partial charge on any atom is 0.278 e. The highest BCUT2D eigenvalue weighted by atomic mass is 32.2. The normalized spacial score (nSPS) is 21.5. The summed E-state index contributed by atoms with van der Waals surface area (Å²) in [5.41, 5.74) is 1.64. The highest BCUT2D eigenvalue weighted by Crippen LogP contribution is 2.46. The molecule has 1 aromatic heterocycles. The van der Waals surface area contributed by atoms with Gasteiger partial charge in [0.25, 0.3) is 12.3 Å². The van der Waals surface area contributed by atoms with Gasteiger partial charge in [-0.2, -0.15) is 0 Å². The van der Waals surface area contributed by atoms with Crippen LogP contribution in [0.1, 0.15) is 33.2 Å². The lowest BCUT2D eigenvalue weighted by atomic mass is 9.93. The second-order valence-electron chi connectivity index (χ2n) is 8.70. The lowest BCUT2D eigenvalue weighted by molar-refractivity contribution is 0.0277. The summed E-state index contributed by atoms with van der Waals surface area (Å²) in [6.45, 7) is -0.163. The molecule has 7 nitrogen and oxygen atoms in total. The van der Waals surface area contributed by atoms with Crippen LogP contribution < -0.4 is 15.2 Å². The lowest BCUT2D eigenvalue weighted by Gasteiger charge is -2.45. The van der Waals surface area contributed by atoms with Crippen molar-refractivity contribution in [2.24, 2.45) is 0 Å². The predicted molar refractivity (Wildman–Crippen MR) is 130 cm³/mol. The van der Waals surface area contributed by atoms with Crippen molar-refractivity contribution in [1.82, 2.24) is 9.58 Å². The monoisotopic (exact) mass is 509 g/mol. The van der Waals surface area contributed by atoms with E-state index >= 15 is 0 Å². The first-order chi connectivity index (χ1) is 17.5. The third kappa shape index (κ3) is 3.47. The second kappa shape index (κ2) is 8.70. The molecule has 2 atom stereocenters. The highest BCUT2D eigenvalue weighted by molar-refractivity contribution is 7.98. The molecule has 1 N–H and O–H groups in total. The van der Waals surface area contributed by atoms with Gasteiger partial charge in [0, 0.05) is 28.5 Å². The van der Waals surface area contributed by atoms with E-state index in [1.807, 2.05) is 42.5 Å². The number of benzene rings is 2. The standard InChI is InChI=1S/C26H21F2N3O4S/c27-25(28)17-7-4-12-35-19-8-3-5-15-13-36-20-9-2-1-6-16(20)22(21(15)19)31-14-29(17)26(34)23-24(33)18(32)10-11-30(23)31/h1-11,17,22,25,33H,12-14H2/b7-4+/t17-,22-/m0/s1. The molecule has 1 amide bonds. The highest BCUT2D eigenvalue weighted by Gasteiger charge is 2.43. The Kier molecular flexibility index (Phi) is 5.48. The molecular formula is C26H21F2N3O4S. The average Bonchev–Trinajstić information content (AvgIpc) is 3.05. The number of amides is 1. The van der Waals surface area contributed by atoms with Gasteiger partial charge in [-0.15, -0.1) is 11.8 Å². The van der Waals surface area contributed by atoms with E-state index in [0.717, 1.165) is 32.6 Å². The van der Waals surface area contributed by atoms with Gasteiger partial charge in [-0.25, -0.2) is 8.78 Å². The first-order valence-electron chi connectivity index (χ1n) is 11.4. The van der Waals surface area contributed by atoms with Crippen LogP contribution in [0.15, 0.2) is 76.6 Å². The summed E-state index contributed by atoms with van der Waals surface area (Å²) >= 11 is 1.65. The van der Waals surface area contributed by atoms with Crippen LogP contribution in [0.25, 0.3) is 0 Å². The van der Waals surface area contributed by atoms with E-state index in [-0.39, 0.29) is 19.0 Å². The molecule has 184 valence electrons. The molecular weight excluding hydrogens is 488 g/mol. The fourth-order valence-corrected chi connectivity index (χ4v) is 6.14. The Morgan fingerprint density at radius 1 is 1.08 bits per heavy atom. The van der Waals surface area contributed by atoms with E-state index in [2.05, 4.69) is 0 Å². The summed E-state index contributed by atoms with van der Waals surface area (Å²) < 4.78 is 36.0. The largest absolute Gasteiger partial charge is 0.502 e. The summed E-state index contributed by atoms with van der Waals surface area (Å²) in [6.07, 6.45) is 1.23. The lowest BCUT2D eigenvalue weighted by Crippen LogP contribution is -2.59. The van der Waals surface area contributed by atoms with Crippen molar-refractivity contribution in [1.29, 1.82) is 0 Å². The van der Waals surface area contributed by atoms with Crippen LogP contribution >= 0.6 is 11.8 Å². The minimum Gasteiger partial charge on any atom is -0.502 e. The molecule has 0 aliphatic carbocycles. The fourth-order valence-electron chi connectivity index (χ4n) is 5.06. The number of carbonyl (C=O) groups is 1. The van der Waals surface area contributed by atoms with E-state index in [0.29, 0.717) is 11.5 Å². The summed E-state index contributed by atoms with van der Waals surface area (Å²) in [7, 11) is 0. The van der Waals surface area contributed by atoms with Crippen LogP contribution in [0, 0.1) is 0 Å². The van der Waals surface area contributed by atoms with Crippen LogP contribution in [0.5, 0.6) is 11.5 Å². The Morgan fingerprint density at radius 2 is 1.92 bits per heavy atom. The Balaban J connectivity index is 1.69. The van der Waals surface area contributed by atoms with Crippen molar-refractivity contribution in [3.63, 3.8) is 0 Å². The predicted octanol–water partition coefficient (Wildman–Crippen LogP) is 3.88. The van der Waals surface area contributed by atoms with E-state index in [1.54, 1.807) is 16.8 Å². The van der Waals surface area contributed by atoms with E-state index in [1.165, 1.54) is 23.0 Å². The van der Waals surface area contributed by atoms with Gasteiger partial charge in [0.15, 0.2) is 11.4 Å². The molecule has 0 fully saturated rings. The van der Waals surface area contributed by atoms with Crippen LogP contribution in [-0.4, -0.2) is 46.3 Å². The van der Waals surface area contributed by atoms with Crippen LogP contribution in [-0.2, 0) is 5.75 Å². The number of halogens is 2. The zero-order chi connectivity index (χ0) is 25.0. The topological polar surface area (TPSA) is 75.0 Å². The van der Waals surface area contributed by atoms with E-state index in [4.69, 9.17) is 4.74 Å². The third-order valence-corrected chi connectivity index (χ3v) is 7.84. The summed E-state index contributed by atoms with van der Waals surface area (Å²) in [6, 6.07) is 12.6. The smallest absolute Gasteiger partial charge is 0.278 e. The zero-order valence-electron chi connectivity index (χ0n) is 18.9. The van der Waals surface area contributed by atoms with E-state index in [9.17, 15) is 23.5 Å². The fraction of sp³-hybridized carbons (Fsp3) is 0.231. The van der Waals surface area contributed by atoms with Crippen LogP contribution in [0.4, 0.5) is 8.78 Å². The molecule has 0 saturated heterocycles. The number of carbonyl (C=O) groups excluding carboxylic acids is 1. The van der Waals surface area contributed by atoms with Gasteiger partial charge < -0.3 is 14.7 Å². The molecule has 0 saturated carbocycles.